The number of aromatic hydroxyl groups is 1. The average molecular weight is 290 g/mol. The van der Waals surface area contributed by atoms with E-state index in [0.29, 0.717) is 6.42 Å². The van der Waals surface area contributed by atoms with Crippen LogP contribution in [0.1, 0.15) is 50.5 Å². The molecule has 1 fully saturated rings. The lowest BCUT2D eigenvalue weighted by Gasteiger charge is -2.23. The summed E-state index contributed by atoms with van der Waals surface area (Å²) in [5.74, 6) is 0.167. The minimum absolute atomic E-state index is 0.0614. The van der Waals surface area contributed by atoms with Crippen molar-refractivity contribution in [3.8, 4) is 5.75 Å². The zero-order valence-electron chi connectivity index (χ0n) is 12.6. The van der Waals surface area contributed by atoms with Gasteiger partial charge in [0.2, 0.25) is 5.91 Å². The summed E-state index contributed by atoms with van der Waals surface area (Å²) in [6, 6.07) is 6.60. The highest BCUT2D eigenvalue weighted by atomic mass is 16.3. The molecular formula is C17H26N2O2. The molecule has 2 rings (SSSR count). The molecule has 1 amide bonds. The zero-order valence-corrected chi connectivity index (χ0v) is 12.6. The molecule has 0 spiro atoms. The Hall–Kier alpha value is -1.55. The fraction of sp³-hybridized carbons (Fsp3) is 0.588. The topological polar surface area (TPSA) is 75.3 Å². The highest BCUT2D eigenvalue weighted by Gasteiger charge is 2.19. The van der Waals surface area contributed by atoms with Crippen molar-refractivity contribution in [2.45, 2.75) is 63.5 Å². The Labute approximate surface area is 126 Å². The third-order valence-electron chi connectivity index (χ3n) is 4.18. The first-order valence-electron chi connectivity index (χ1n) is 7.99. The number of benzene rings is 1. The number of phenolic OH excluding ortho intramolecular Hbond substituents is 1. The normalized spacial score (nSPS) is 18.5. The van der Waals surface area contributed by atoms with Gasteiger partial charge < -0.3 is 16.2 Å². The summed E-state index contributed by atoms with van der Waals surface area (Å²) in [4.78, 5) is 12.2. The van der Waals surface area contributed by atoms with Gasteiger partial charge in [-0.05, 0) is 37.0 Å². The molecule has 4 nitrogen and oxygen atoms in total. The summed E-state index contributed by atoms with van der Waals surface area (Å²) in [5, 5.41) is 12.4. The van der Waals surface area contributed by atoms with E-state index in [1.165, 1.54) is 32.1 Å². The van der Waals surface area contributed by atoms with E-state index in [9.17, 15) is 9.90 Å². The quantitative estimate of drug-likeness (QED) is 0.797. The number of phenols is 1. The molecule has 1 aromatic carbocycles. The standard InChI is InChI=1S/C17H26N2O2/c18-16(12-13-8-10-15(20)11-9-13)17(21)19-14-6-4-2-1-3-5-7-14/h8-11,14,16,20H,1-7,12,18H2,(H,19,21)/t16-/m1/s1. The second-order valence-electron chi connectivity index (χ2n) is 6.03. The van der Waals surface area contributed by atoms with Gasteiger partial charge in [-0.15, -0.1) is 0 Å². The van der Waals surface area contributed by atoms with Crippen molar-refractivity contribution in [2.75, 3.05) is 0 Å². The van der Waals surface area contributed by atoms with E-state index < -0.39 is 6.04 Å². The molecule has 0 bridgehead atoms. The van der Waals surface area contributed by atoms with Gasteiger partial charge >= 0.3 is 0 Å². The molecule has 4 heteroatoms. The molecule has 1 saturated carbocycles. The van der Waals surface area contributed by atoms with E-state index in [-0.39, 0.29) is 17.7 Å². The van der Waals surface area contributed by atoms with Gasteiger partial charge in [0.1, 0.15) is 5.75 Å². The molecule has 1 atom stereocenters. The first-order chi connectivity index (χ1) is 10.1. The van der Waals surface area contributed by atoms with Crippen LogP contribution in [0.2, 0.25) is 0 Å². The summed E-state index contributed by atoms with van der Waals surface area (Å²) in [5.41, 5.74) is 6.97. The molecule has 0 aliphatic heterocycles. The molecule has 0 heterocycles. The Morgan fingerprint density at radius 1 is 1.14 bits per heavy atom. The van der Waals surface area contributed by atoms with Gasteiger partial charge in [0.15, 0.2) is 0 Å². The van der Waals surface area contributed by atoms with E-state index in [0.717, 1.165) is 18.4 Å². The maximum atomic E-state index is 12.2. The second kappa shape index (κ2) is 8.03. The number of hydrogen-bond acceptors (Lipinski definition) is 3. The minimum atomic E-state index is -0.528. The SMILES string of the molecule is N[C@H](Cc1ccc(O)cc1)C(=O)NC1CCCCCCC1. The molecule has 1 aromatic rings. The van der Waals surface area contributed by atoms with Crippen LogP contribution in [0.5, 0.6) is 5.75 Å². The van der Waals surface area contributed by atoms with E-state index in [1.54, 1.807) is 24.3 Å². The van der Waals surface area contributed by atoms with Crippen molar-refractivity contribution >= 4 is 5.91 Å². The van der Waals surface area contributed by atoms with Crippen LogP contribution in [0.25, 0.3) is 0 Å². The van der Waals surface area contributed by atoms with Crippen LogP contribution in [0.4, 0.5) is 0 Å². The molecule has 4 N–H and O–H groups in total. The predicted molar refractivity (Wildman–Crippen MR) is 84.0 cm³/mol. The van der Waals surface area contributed by atoms with Crippen LogP contribution in [0.15, 0.2) is 24.3 Å². The highest BCUT2D eigenvalue weighted by molar-refractivity contribution is 5.82. The van der Waals surface area contributed by atoms with E-state index in [4.69, 9.17) is 5.73 Å². The summed E-state index contributed by atoms with van der Waals surface area (Å²) in [7, 11) is 0. The van der Waals surface area contributed by atoms with E-state index >= 15 is 0 Å². The summed E-state index contributed by atoms with van der Waals surface area (Å²) in [6.45, 7) is 0. The number of nitrogens with one attached hydrogen (secondary N) is 1. The molecule has 1 aliphatic rings. The summed E-state index contributed by atoms with van der Waals surface area (Å²) < 4.78 is 0. The Bertz CT molecular complexity index is 437. The van der Waals surface area contributed by atoms with Crippen LogP contribution in [0, 0.1) is 0 Å². The van der Waals surface area contributed by atoms with Gasteiger partial charge in [-0.2, -0.15) is 0 Å². The lowest BCUT2D eigenvalue weighted by molar-refractivity contribution is -0.123. The highest BCUT2D eigenvalue weighted by Crippen LogP contribution is 2.17. The first kappa shape index (κ1) is 15.8. The van der Waals surface area contributed by atoms with Crippen LogP contribution in [-0.4, -0.2) is 23.1 Å². The minimum Gasteiger partial charge on any atom is -0.508 e. The lowest BCUT2D eigenvalue weighted by Crippen LogP contribution is -2.46. The van der Waals surface area contributed by atoms with Crippen molar-refractivity contribution in [1.29, 1.82) is 0 Å². The molecule has 116 valence electrons. The number of carbonyl (C=O) groups excluding carboxylic acids is 1. The fourth-order valence-corrected chi connectivity index (χ4v) is 2.89. The maximum absolute atomic E-state index is 12.2. The Morgan fingerprint density at radius 2 is 1.71 bits per heavy atom. The van der Waals surface area contributed by atoms with E-state index in [2.05, 4.69) is 5.32 Å². The van der Waals surface area contributed by atoms with Gasteiger partial charge in [0.05, 0.1) is 6.04 Å². The number of rotatable bonds is 4. The molecule has 0 radical (unpaired) electrons. The van der Waals surface area contributed by atoms with Gasteiger partial charge in [0, 0.05) is 6.04 Å². The zero-order chi connectivity index (χ0) is 15.1. The van der Waals surface area contributed by atoms with Crippen LogP contribution in [0.3, 0.4) is 0 Å². The van der Waals surface area contributed by atoms with Crippen molar-refractivity contribution in [1.82, 2.24) is 5.32 Å². The van der Waals surface area contributed by atoms with E-state index in [1.807, 2.05) is 0 Å². The number of nitrogens with two attached hydrogens (primary N) is 1. The third-order valence-corrected chi connectivity index (χ3v) is 4.18. The first-order valence-corrected chi connectivity index (χ1v) is 7.99. The Morgan fingerprint density at radius 3 is 2.33 bits per heavy atom. The van der Waals surface area contributed by atoms with Gasteiger partial charge in [-0.3, -0.25) is 4.79 Å². The van der Waals surface area contributed by atoms with Crippen LogP contribution >= 0.6 is 0 Å². The van der Waals surface area contributed by atoms with Gasteiger partial charge in [-0.1, -0.05) is 44.2 Å². The monoisotopic (exact) mass is 290 g/mol. The maximum Gasteiger partial charge on any atom is 0.237 e. The van der Waals surface area contributed by atoms with Crippen molar-refractivity contribution in [3.63, 3.8) is 0 Å². The third kappa shape index (κ3) is 5.38. The Balaban J connectivity index is 1.82. The summed E-state index contributed by atoms with van der Waals surface area (Å²) >= 11 is 0. The molecule has 21 heavy (non-hydrogen) atoms. The number of amides is 1. The fourth-order valence-electron chi connectivity index (χ4n) is 2.89. The smallest absolute Gasteiger partial charge is 0.237 e. The molecule has 1 aliphatic carbocycles. The largest absolute Gasteiger partial charge is 0.508 e. The van der Waals surface area contributed by atoms with Gasteiger partial charge in [-0.25, -0.2) is 0 Å². The molecule has 0 unspecified atom stereocenters. The second-order valence-corrected chi connectivity index (χ2v) is 6.03. The summed E-state index contributed by atoms with van der Waals surface area (Å²) in [6.07, 6.45) is 8.88. The van der Waals surface area contributed by atoms with Gasteiger partial charge in [0.25, 0.3) is 0 Å². The number of hydrogen-bond donors (Lipinski definition) is 3. The van der Waals surface area contributed by atoms with Crippen molar-refractivity contribution < 1.29 is 9.90 Å². The van der Waals surface area contributed by atoms with Crippen molar-refractivity contribution in [3.05, 3.63) is 29.8 Å². The van der Waals surface area contributed by atoms with Crippen LogP contribution in [-0.2, 0) is 11.2 Å². The predicted octanol–water partition coefficient (Wildman–Crippen LogP) is 2.49. The van der Waals surface area contributed by atoms with Crippen molar-refractivity contribution in [2.24, 2.45) is 5.73 Å². The molecular weight excluding hydrogens is 264 g/mol. The number of carbonyl (C=O) groups is 1. The average Bonchev–Trinajstić information content (AvgIpc) is 2.44. The molecule has 0 saturated heterocycles. The Kier molecular flexibility index (Phi) is 6.05. The lowest BCUT2D eigenvalue weighted by atomic mass is 9.96. The molecule has 0 aromatic heterocycles. The van der Waals surface area contributed by atoms with Crippen LogP contribution < -0.4 is 11.1 Å².